The number of halogens is 2. The van der Waals surface area contributed by atoms with Crippen LogP contribution in [0.4, 0.5) is 11.4 Å². The number of anilines is 1. The van der Waals surface area contributed by atoms with E-state index in [0.29, 0.717) is 21.3 Å². The Bertz CT molecular complexity index is 913. The van der Waals surface area contributed by atoms with Crippen LogP contribution in [0.1, 0.15) is 29.5 Å². The summed E-state index contributed by atoms with van der Waals surface area (Å²) < 4.78 is 0. The summed E-state index contributed by atoms with van der Waals surface area (Å²) in [5.74, 6) is -0.115. The van der Waals surface area contributed by atoms with Gasteiger partial charge in [0.25, 0.3) is 5.69 Å². The Morgan fingerprint density at radius 2 is 2.04 bits per heavy atom. The number of hydrogen-bond acceptors (Lipinski definition) is 4. The first-order valence-corrected chi connectivity index (χ1v) is 8.62. The van der Waals surface area contributed by atoms with Crippen molar-refractivity contribution in [2.75, 3.05) is 5.32 Å². The normalized spacial score (nSPS) is 23.7. The molecule has 7 heteroatoms. The molecule has 0 aromatic heterocycles. The van der Waals surface area contributed by atoms with Gasteiger partial charge in [-0.2, -0.15) is 0 Å². The summed E-state index contributed by atoms with van der Waals surface area (Å²) in [5, 5.41) is 26.0. The summed E-state index contributed by atoms with van der Waals surface area (Å²) in [4.78, 5) is 11.0. The Morgan fingerprint density at radius 3 is 2.80 bits per heavy atom. The van der Waals surface area contributed by atoms with Crippen LogP contribution < -0.4 is 5.32 Å². The molecule has 3 atom stereocenters. The largest absolute Gasteiger partial charge is 0.506 e. The summed E-state index contributed by atoms with van der Waals surface area (Å²) >= 11 is 12.6. The molecule has 1 aliphatic carbocycles. The van der Waals surface area contributed by atoms with Crippen molar-refractivity contribution in [2.24, 2.45) is 5.92 Å². The van der Waals surface area contributed by atoms with Gasteiger partial charge in [-0.1, -0.05) is 47.5 Å². The molecule has 25 heavy (non-hydrogen) atoms. The highest BCUT2D eigenvalue weighted by Gasteiger charge is 2.43. The zero-order valence-electron chi connectivity index (χ0n) is 12.9. The SMILES string of the molecule is O=[N+]([O-])c1ccc(O)c2c1C1C=CCC1C(c1cccc(Cl)c1Cl)N2. The smallest absolute Gasteiger partial charge is 0.275 e. The Morgan fingerprint density at radius 1 is 1.24 bits per heavy atom. The number of benzene rings is 2. The first-order chi connectivity index (χ1) is 12.0. The summed E-state index contributed by atoms with van der Waals surface area (Å²) in [6.45, 7) is 0. The Kier molecular flexibility index (Phi) is 3.85. The van der Waals surface area contributed by atoms with Gasteiger partial charge in [-0.15, -0.1) is 0 Å². The third-order valence-corrected chi connectivity index (χ3v) is 5.82. The molecule has 5 nitrogen and oxygen atoms in total. The molecule has 128 valence electrons. The average molecular weight is 377 g/mol. The molecule has 1 aliphatic heterocycles. The molecule has 0 bridgehead atoms. The van der Waals surface area contributed by atoms with E-state index in [0.717, 1.165) is 12.0 Å². The zero-order chi connectivity index (χ0) is 17.7. The Hall–Kier alpha value is -2.24. The van der Waals surface area contributed by atoms with Crippen LogP contribution in [0, 0.1) is 16.0 Å². The lowest BCUT2D eigenvalue weighted by atomic mass is 9.76. The van der Waals surface area contributed by atoms with Crippen LogP contribution in [0.2, 0.25) is 10.0 Å². The second kappa shape index (κ2) is 5.93. The molecule has 4 rings (SSSR count). The number of aromatic hydroxyl groups is 1. The topological polar surface area (TPSA) is 75.4 Å². The monoisotopic (exact) mass is 376 g/mol. The second-order valence-electron chi connectivity index (χ2n) is 6.27. The number of phenolic OH excluding ortho intramolecular Hbond substituents is 1. The lowest BCUT2D eigenvalue weighted by molar-refractivity contribution is -0.385. The van der Waals surface area contributed by atoms with Gasteiger partial charge in [-0.05, 0) is 30.0 Å². The minimum Gasteiger partial charge on any atom is -0.506 e. The van der Waals surface area contributed by atoms with Gasteiger partial charge in [-0.3, -0.25) is 10.1 Å². The zero-order valence-corrected chi connectivity index (χ0v) is 14.5. The molecule has 2 N–H and O–H groups in total. The van der Waals surface area contributed by atoms with Crippen molar-refractivity contribution in [2.45, 2.75) is 18.4 Å². The van der Waals surface area contributed by atoms with Crippen LogP contribution in [0.3, 0.4) is 0 Å². The standard InChI is InChI=1S/C18H14Cl2N2O3/c19-12-6-2-5-11(16(12)20)17-10-4-1-3-9(10)15-13(22(24)25)7-8-14(23)18(15)21-17/h1-3,5-10,17,21,23H,4H2. The first-order valence-electron chi connectivity index (χ1n) is 7.86. The van der Waals surface area contributed by atoms with Crippen molar-refractivity contribution in [3.05, 3.63) is 73.8 Å². The molecule has 0 radical (unpaired) electrons. The number of fused-ring (bicyclic) bond motifs is 3. The molecule has 2 aliphatic rings. The van der Waals surface area contributed by atoms with E-state index in [1.165, 1.54) is 12.1 Å². The van der Waals surface area contributed by atoms with E-state index < -0.39 is 4.92 Å². The number of phenols is 1. The van der Waals surface area contributed by atoms with Gasteiger partial charge in [-0.25, -0.2) is 0 Å². The molecule has 2 aromatic carbocycles. The third-order valence-electron chi connectivity index (χ3n) is 4.99. The first kappa shape index (κ1) is 16.2. The Labute approximate surface area is 154 Å². The number of nitrogens with zero attached hydrogens (tertiary/aromatic N) is 1. The molecule has 0 saturated carbocycles. The van der Waals surface area contributed by atoms with E-state index in [1.54, 1.807) is 6.07 Å². The highest BCUT2D eigenvalue weighted by atomic mass is 35.5. The van der Waals surface area contributed by atoms with Crippen molar-refractivity contribution in [3.8, 4) is 5.75 Å². The fourth-order valence-electron chi connectivity index (χ4n) is 3.90. The van der Waals surface area contributed by atoms with Gasteiger partial charge in [0, 0.05) is 12.0 Å². The highest BCUT2D eigenvalue weighted by molar-refractivity contribution is 6.42. The lowest BCUT2D eigenvalue weighted by Crippen LogP contribution is -2.30. The number of allylic oxidation sites excluding steroid dienone is 2. The van der Waals surface area contributed by atoms with Crippen molar-refractivity contribution >= 4 is 34.6 Å². The molecular formula is C18H14Cl2N2O3. The molecule has 0 spiro atoms. The molecule has 0 amide bonds. The third kappa shape index (κ3) is 2.46. The summed E-state index contributed by atoms with van der Waals surface area (Å²) in [7, 11) is 0. The van der Waals surface area contributed by atoms with Gasteiger partial charge in [0.15, 0.2) is 0 Å². The number of nitro groups is 1. The van der Waals surface area contributed by atoms with E-state index >= 15 is 0 Å². The van der Waals surface area contributed by atoms with Gasteiger partial charge in [0.05, 0.1) is 32.3 Å². The average Bonchev–Trinajstić information content (AvgIpc) is 3.07. The van der Waals surface area contributed by atoms with E-state index in [4.69, 9.17) is 23.2 Å². The summed E-state index contributed by atoms with van der Waals surface area (Å²) in [5.41, 5.74) is 1.75. The van der Waals surface area contributed by atoms with E-state index in [1.807, 2.05) is 24.3 Å². The summed E-state index contributed by atoms with van der Waals surface area (Å²) in [6, 6.07) is 7.93. The number of rotatable bonds is 2. The second-order valence-corrected chi connectivity index (χ2v) is 7.05. The van der Waals surface area contributed by atoms with Crippen LogP contribution >= 0.6 is 23.2 Å². The van der Waals surface area contributed by atoms with Crippen molar-refractivity contribution in [3.63, 3.8) is 0 Å². The van der Waals surface area contributed by atoms with Gasteiger partial charge >= 0.3 is 0 Å². The predicted octanol–water partition coefficient (Wildman–Crippen LogP) is 5.43. The number of nitro benzene ring substituents is 1. The van der Waals surface area contributed by atoms with Crippen molar-refractivity contribution < 1.29 is 10.0 Å². The number of hydrogen-bond donors (Lipinski definition) is 2. The fraction of sp³-hybridized carbons (Fsp3) is 0.222. The lowest BCUT2D eigenvalue weighted by Gasteiger charge is -2.37. The Balaban J connectivity index is 1.90. The molecule has 0 fully saturated rings. The van der Waals surface area contributed by atoms with Crippen LogP contribution in [-0.4, -0.2) is 10.0 Å². The van der Waals surface area contributed by atoms with E-state index in [2.05, 4.69) is 5.32 Å². The number of nitrogens with one attached hydrogen (secondary N) is 1. The summed E-state index contributed by atoms with van der Waals surface area (Å²) in [6.07, 6.45) is 4.75. The van der Waals surface area contributed by atoms with Crippen LogP contribution in [0.25, 0.3) is 0 Å². The van der Waals surface area contributed by atoms with Crippen LogP contribution in [0.15, 0.2) is 42.5 Å². The molecule has 1 heterocycles. The quantitative estimate of drug-likeness (QED) is 0.317. The maximum Gasteiger partial charge on any atom is 0.275 e. The minimum atomic E-state index is -0.407. The maximum absolute atomic E-state index is 11.5. The van der Waals surface area contributed by atoms with E-state index in [-0.39, 0.29) is 29.3 Å². The molecule has 3 unspecified atom stereocenters. The maximum atomic E-state index is 11.5. The van der Waals surface area contributed by atoms with Gasteiger partial charge in [0.1, 0.15) is 5.75 Å². The van der Waals surface area contributed by atoms with Crippen molar-refractivity contribution in [1.82, 2.24) is 0 Å². The molecular weight excluding hydrogens is 363 g/mol. The molecule has 0 saturated heterocycles. The van der Waals surface area contributed by atoms with Crippen LogP contribution in [-0.2, 0) is 0 Å². The predicted molar refractivity (Wildman–Crippen MR) is 97.6 cm³/mol. The van der Waals surface area contributed by atoms with Crippen LogP contribution in [0.5, 0.6) is 5.75 Å². The minimum absolute atomic E-state index is 0.0116. The van der Waals surface area contributed by atoms with E-state index in [9.17, 15) is 15.2 Å². The highest BCUT2D eigenvalue weighted by Crippen LogP contribution is 2.55. The van der Waals surface area contributed by atoms with Crippen molar-refractivity contribution in [1.29, 1.82) is 0 Å². The van der Waals surface area contributed by atoms with Gasteiger partial charge < -0.3 is 10.4 Å². The molecule has 2 aromatic rings. The van der Waals surface area contributed by atoms with Gasteiger partial charge in [0.2, 0.25) is 0 Å². The fourth-order valence-corrected chi connectivity index (χ4v) is 4.33.